The Morgan fingerprint density at radius 3 is 1.72 bits per heavy atom. The first-order chi connectivity index (χ1) is 21.3. The number of hydrogen-bond donors (Lipinski definition) is 1. The smallest absolute Gasteiger partial charge is 0.169 e. The highest BCUT2D eigenvalue weighted by atomic mass is 16.3. The zero-order valence-corrected chi connectivity index (χ0v) is 23.3. The average Bonchev–Trinajstić information content (AvgIpc) is 3.47. The average molecular weight is 554 g/mol. The predicted molar refractivity (Wildman–Crippen MR) is 176 cm³/mol. The first kappa shape index (κ1) is 25.0. The summed E-state index contributed by atoms with van der Waals surface area (Å²) in [6.45, 7) is 0. The molecule has 0 radical (unpaired) electrons. The topological polar surface area (TPSA) is 49.9 Å². The van der Waals surface area contributed by atoms with Crippen LogP contribution in [0.4, 0.5) is 0 Å². The van der Waals surface area contributed by atoms with Crippen LogP contribution in [0.15, 0.2) is 166 Å². The van der Waals surface area contributed by atoms with Gasteiger partial charge in [0.15, 0.2) is 6.17 Å². The van der Waals surface area contributed by atoms with Gasteiger partial charge in [0.1, 0.15) is 22.8 Å². The largest absolute Gasteiger partial charge is 0.456 e. The Morgan fingerprint density at radius 1 is 0.419 bits per heavy atom. The van der Waals surface area contributed by atoms with E-state index in [0.717, 1.165) is 61.4 Å². The number of nitrogens with one attached hydrogen (secondary N) is 1. The number of furan rings is 1. The zero-order valence-electron chi connectivity index (χ0n) is 23.3. The third-order valence-corrected chi connectivity index (χ3v) is 7.92. The summed E-state index contributed by atoms with van der Waals surface area (Å²) in [6, 6.07) is 52.3. The summed E-state index contributed by atoms with van der Waals surface area (Å²) in [6.07, 6.45) is -0.410. The van der Waals surface area contributed by atoms with Crippen LogP contribution in [0.25, 0.3) is 44.2 Å². The van der Waals surface area contributed by atoms with Crippen LogP contribution in [-0.4, -0.2) is 11.7 Å². The van der Waals surface area contributed by atoms with Gasteiger partial charge >= 0.3 is 0 Å². The highest BCUT2D eigenvalue weighted by Crippen LogP contribution is 2.32. The third kappa shape index (κ3) is 4.79. The molecule has 1 atom stereocenters. The third-order valence-electron chi connectivity index (χ3n) is 7.92. The molecular weight excluding hydrogens is 526 g/mol. The molecule has 0 fully saturated rings. The minimum absolute atomic E-state index is 0.410. The van der Waals surface area contributed by atoms with Gasteiger partial charge in [-0.05, 0) is 64.2 Å². The van der Waals surface area contributed by atoms with Crippen LogP contribution in [0.2, 0.25) is 0 Å². The van der Waals surface area contributed by atoms with Gasteiger partial charge in [-0.25, -0.2) is 9.98 Å². The summed E-state index contributed by atoms with van der Waals surface area (Å²) < 4.78 is 6.10. The molecule has 1 aliphatic rings. The van der Waals surface area contributed by atoms with Crippen LogP contribution in [-0.2, 0) is 0 Å². The SMILES string of the molecule is c1ccc(-c2cccc(C3=NC(c4cccc(-c5ccccc5)c4)N=C(c4ccc5oc6ccccc6c5c4)N3)c2)cc1. The van der Waals surface area contributed by atoms with E-state index in [1.807, 2.05) is 36.4 Å². The van der Waals surface area contributed by atoms with Crippen LogP contribution in [0.1, 0.15) is 22.9 Å². The summed E-state index contributed by atoms with van der Waals surface area (Å²) >= 11 is 0. The van der Waals surface area contributed by atoms with Crippen molar-refractivity contribution in [2.45, 2.75) is 6.17 Å². The zero-order chi connectivity index (χ0) is 28.6. The standard InChI is InChI=1S/C39H27N3O/c1-3-11-26(12-4-1)28-15-9-17-30(23-28)37-40-38(31-18-10-16-29(24-31)27-13-5-2-6-14-27)42-39(41-37)32-21-22-36-34(25-32)33-19-7-8-20-35(33)43-36/h1-25,37H,(H,40,41,42). The summed E-state index contributed by atoms with van der Waals surface area (Å²) in [4.78, 5) is 10.3. The molecule has 0 saturated heterocycles. The van der Waals surface area contributed by atoms with Crippen molar-refractivity contribution in [2.24, 2.45) is 9.98 Å². The molecule has 0 amide bonds. The highest BCUT2D eigenvalue weighted by molar-refractivity contribution is 6.17. The van der Waals surface area contributed by atoms with E-state index < -0.39 is 6.17 Å². The molecule has 1 aliphatic heterocycles. The molecule has 43 heavy (non-hydrogen) atoms. The Bertz CT molecular complexity index is 2160. The van der Waals surface area contributed by atoms with Gasteiger partial charge in [0.05, 0.1) is 0 Å². The minimum Gasteiger partial charge on any atom is -0.456 e. The molecule has 8 rings (SSSR count). The summed E-state index contributed by atoms with van der Waals surface area (Å²) in [7, 11) is 0. The van der Waals surface area contributed by atoms with E-state index in [0.29, 0.717) is 0 Å². The van der Waals surface area contributed by atoms with E-state index in [2.05, 4.69) is 121 Å². The van der Waals surface area contributed by atoms with Crippen LogP contribution in [0, 0.1) is 0 Å². The van der Waals surface area contributed by atoms with E-state index >= 15 is 0 Å². The fourth-order valence-electron chi connectivity index (χ4n) is 5.75. The molecular formula is C39H27N3O. The second-order valence-corrected chi connectivity index (χ2v) is 10.7. The maximum Gasteiger partial charge on any atom is 0.169 e. The maximum absolute atomic E-state index is 6.10. The van der Waals surface area contributed by atoms with Gasteiger partial charge in [-0.3, -0.25) is 0 Å². The van der Waals surface area contributed by atoms with Crippen molar-refractivity contribution in [3.8, 4) is 22.3 Å². The Labute approximate surface area is 249 Å². The van der Waals surface area contributed by atoms with Crippen LogP contribution < -0.4 is 5.32 Å². The van der Waals surface area contributed by atoms with Crippen molar-refractivity contribution >= 4 is 33.6 Å². The fourth-order valence-corrected chi connectivity index (χ4v) is 5.75. The Balaban J connectivity index is 1.25. The summed E-state index contributed by atoms with van der Waals surface area (Å²) in [5.41, 5.74) is 9.37. The predicted octanol–water partition coefficient (Wildman–Crippen LogP) is 9.42. The lowest BCUT2D eigenvalue weighted by Crippen LogP contribution is -2.36. The summed E-state index contributed by atoms with van der Waals surface area (Å²) in [5, 5.41) is 5.74. The number of rotatable bonds is 5. The van der Waals surface area contributed by atoms with Gasteiger partial charge in [0.25, 0.3) is 0 Å². The summed E-state index contributed by atoms with van der Waals surface area (Å²) in [5.74, 6) is 1.56. The molecule has 0 saturated carbocycles. The Hall–Kier alpha value is -5.74. The highest BCUT2D eigenvalue weighted by Gasteiger charge is 2.22. The van der Waals surface area contributed by atoms with E-state index in [-0.39, 0.29) is 0 Å². The number of para-hydroxylation sites is 1. The number of benzene rings is 6. The van der Waals surface area contributed by atoms with Crippen molar-refractivity contribution in [3.63, 3.8) is 0 Å². The van der Waals surface area contributed by atoms with Gasteiger partial charge < -0.3 is 9.73 Å². The Morgan fingerprint density at radius 2 is 0.977 bits per heavy atom. The van der Waals surface area contributed by atoms with E-state index in [9.17, 15) is 0 Å². The molecule has 0 spiro atoms. The molecule has 0 bridgehead atoms. The van der Waals surface area contributed by atoms with Crippen molar-refractivity contribution in [3.05, 3.63) is 168 Å². The second kappa shape index (κ2) is 10.6. The monoisotopic (exact) mass is 553 g/mol. The van der Waals surface area contributed by atoms with Crippen molar-refractivity contribution in [1.82, 2.24) is 5.32 Å². The number of amidine groups is 2. The molecule has 4 heteroatoms. The minimum atomic E-state index is -0.410. The van der Waals surface area contributed by atoms with Gasteiger partial charge in [-0.2, -0.15) is 0 Å². The first-order valence-corrected chi connectivity index (χ1v) is 14.4. The molecule has 4 nitrogen and oxygen atoms in total. The van der Waals surface area contributed by atoms with Crippen molar-refractivity contribution < 1.29 is 4.42 Å². The van der Waals surface area contributed by atoms with Crippen molar-refractivity contribution in [1.29, 1.82) is 0 Å². The fraction of sp³-hybridized carbons (Fsp3) is 0.0256. The van der Waals surface area contributed by atoms with Crippen LogP contribution >= 0.6 is 0 Å². The van der Waals surface area contributed by atoms with Gasteiger partial charge in [0, 0.05) is 21.9 Å². The molecule has 6 aromatic carbocycles. The lowest BCUT2D eigenvalue weighted by atomic mass is 10.0. The van der Waals surface area contributed by atoms with Crippen LogP contribution in [0.5, 0.6) is 0 Å². The second-order valence-electron chi connectivity index (χ2n) is 10.7. The number of aliphatic imine (C=N–C) groups is 2. The number of hydrogen-bond acceptors (Lipinski definition) is 4. The van der Waals surface area contributed by atoms with Crippen molar-refractivity contribution in [2.75, 3.05) is 0 Å². The Kier molecular flexibility index (Phi) is 6.16. The number of nitrogens with zero attached hydrogens (tertiary/aromatic N) is 2. The maximum atomic E-state index is 6.10. The molecule has 0 aliphatic carbocycles. The van der Waals surface area contributed by atoms with Gasteiger partial charge in [-0.15, -0.1) is 0 Å². The lowest BCUT2D eigenvalue weighted by molar-refractivity contribution is 0.669. The first-order valence-electron chi connectivity index (χ1n) is 14.4. The van der Waals surface area contributed by atoms with Crippen LogP contribution in [0.3, 0.4) is 0 Å². The van der Waals surface area contributed by atoms with E-state index in [4.69, 9.17) is 14.4 Å². The molecule has 204 valence electrons. The molecule has 2 heterocycles. The molecule has 1 N–H and O–H groups in total. The van der Waals surface area contributed by atoms with E-state index in [1.54, 1.807) is 0 Å². The van der Waals surface area contributed by atoms with E-state index in [1.165, 1.54) is 11.1 Å². The quantitative estimate of drug-likeness (QED) is 0.231. The normalized spacial score (nSPS) is 14.7. The van der Waals surface area contributed by atoms with Gasteiger partial charge in [0.2, 0.25) is 0 Å². The van der Waals surface area contributed by atoms with Gasteiger partial charge in [-0.1, -0.05) is 115 Å². The molecule has 1 unspecified atom stereocenters. The lowest BCUT2D eigenvalue weighted by Gasteiger charge is -2.23. The molecule has 1 aromatic heterocycles. The molecule has 7 aromatic rings. The number of fused-ring (bicyclic) bond motifs is 3.